The van der Waals surface area contributed by atoms with Crippen molar-refractivity contribution in [2.75, 3.05) is 33.5 Å². The Labute approximate surface area is 149 Å². The molecule has 1 amide bonds. The van der Waals surface area contributed by atoms with Crippen LogP contribution in [0.25, 0.3) is 0 Å². The van der Waals surface area contributed by atoms with Gasteiger partial charge in [0.2, 0.25) is 5.91 Å². The molecule has 1 aromatic carbocycles. The third-order valence-electron chi connectivity index (χ3n) is 3.61. The minimum absolute atomic E-state index is 0. The third-order valence-corrected chi connectivity index (χ3v) is 3.61. The first-order valence-corrected chi connectivity index (χ1v) is 8.10. The number of halogens is 1. The van der Waals surface area contributed by atoms with Crippen LogP contribution >= 0.6 is 12.4 Å². The van der Waals surface area contributed by atoms with Crippen LogP contribution in [0, 0.1) is 0 Å². The van der Waals surface area contributed by atoms with Gasteiger partial charge in [0.05, 0.1) is 26.9 Å². The monoisotopic (exact) mass is 358 g/mol. The van der Waals surface area contributed by atoms with Crippen molar-refractivity contribution < 1.29 is 19.0 Å². The van der Waals surface area contributed by atoms with Gasteiger partial charge in [0.1, 0.15) is 0 Å². The van der Waals surface area contributed by atoms with E-state index in [1.165, 1.54) is 0 Å². The number of morpholine rings is 1. The zero-order valence-corrected chi connectivity index (χ0v) is 15.1. The summed E-state index contributed by atoms with van der Waals surface area (Å²) < 4.78 is 16.3. The Kier molecular flexibility index (Phi) is 9.52. The molecule has 2 N–H and O–H groups in total. The van der Waals surface area contributed by atoms with Gasteiger partial charge in [-0.15, -0.1) is 12.4 Å². The number of amides is 1. The van der Waals surface area contributed by atoms with Gasteiger partial charge in [-0.25, -0.2) is 0 Å². The molecule has 1 unspecified atom stereocenters. The van der Waals surface area contributed by atoms with Crippen LogP contribution in [0.4, 0.5) is 0 Å². The number of nitrogens with one attached hydrogen (secondary N) is 2. The molecule has 1 aliphatic rings. The highest BCUT2D eigenvalue weighted by Gasteiger charge is 2.16. The summed E-state index contributed by atoms with van der Waals surface area (Å²) in [5.74, 6) is 1.43. The number of hydrogen-bond acceptors (Lipinski definition) is 5. The van der Waals surface area contributed by atoms with Crippen LogP contribution in [0.15, 0.2) is 18.2 Å². The first-order valence-electron chi connectivity index (χ1n) is 8.10. The summed E-state index contributed by atoms with van der Waals surface area (Å²) >= 11 is 0. The quantitative estimate of drug-likeness (QED) is 0.743. The first-order chi connectivity index (χ1) is 11.2. The molecule has 0 aliphatic carbocycles. The molecular weight excluding hydrogens is 332 g/mol. The van der Waals surface area contributed by atoms with Crippen LogP contribution in [0.5, 0.6) is 11.5 Å². The van der Waals surface area contributed by atoms with Crippen molar-refractivity contribution in [3.05, 3.63) is 23.8 Å². The first kappa shape index (κ1) is 20.5. The van der Waals surface area contributed by atoms with Crippen LogP contribution in [0.2, 0.25) is 0 Å². The Bertz CT molecular complexity index is 507. The van der Waals surface area contributed by atoms with Crippen LogP contribution in [0.3, 0.4) is 0 Å². The molecular formula is C17H27ClN2O4. The fourth-order valence-electron chi connectivity index (χ4n) is 2.40. The van der Waals surface area contributed by atoms with Crippen molar-refractivity contribution in [1.29, 1.82) is 0 Å². The topological polar surface area (TPSA) is 68.8 Å². The molecule has 1 fully saturated rings. The summed E-state index contributed by atoms with van der Waals surface area (Å²) in [6, 6.07) is 5.82. The van der Waals surface area contributed by atoms with Gasteiger partial charge in [0.25, 0.3) is 0 Å². The number of rotatable bonds is 8. The van der Waals surface area contributed by atoms with Gasteiger partial charge in [0, 0.05) is 25.6 Å². The number of carbonyl (C=O) groups is 1. The lowest BCUT2D eigenvalue weighted by Crippen LogP contribution is -2.44. The fraction of sp³-hybridized carbons (Fsp3) is 0.588. The lowest BCUT2D eigenvalue weighted by Gasteiger charge is -2.23. The Morgan fingerprint density at radius 2 is 2.25 bits per heavy atom. The maximum atomic E-state index is 12.0. The average molecular weight is 359 g/mol. The average Bonchev–Trinajstić information content (AvgIpc) is 2.59. The minimum Gasteiger partial charge on any atom is -0.493 e. The predicted molar refractivity (Wildman–Crippen MR) is 95.1 cm³/mol. The maximum Gasteiger partial charge on any atom is 0.221 e. The number of ether oxygens (including phenoxy) is 3. The Balaban J connectivity index is 0.00000288. The van der Waals surface area contributed by atoms with Crippen LogP contribution in [-0.4, -0.2) is 45.4 Å². The number of methoxy groups -OCH3 is 1. The smallest absolute Gasteiger partial charge is 0.221 e. The molecule has 0 spiro atoms. The number of carbonyl (C=O) groups excluding carboxylic acids is 1. The molecule has 24 heavy (non-hydrogen) atoms. The molecule has 0 saturated carbocycles. The highest BCUT2D eigenvalue weighted by atomic mass is 35.5. The fourth-order valence-corrected chi connectivity index (χ4v) is 2.40. The van der Waals surface area contributed by atoms with E-state index >= 15 is 0 Å². The molecule has 0 bridgehead atoms. The molecule has 1 atom stereocenters. The van der Waals surface area contributed by atoms with Crippen LogP contribution < -0.4 is 20.1 Å². The van der Waals surface area contributed by atoms with Gasteiger partial charge in [-0.05, 0) is 24.1 Å². The van der Waals surface area contributed by atoms with E-state index in [0.717, 1.165) is 24.3 Å². The molecule has 6 nitrogen and oxygen atoms in total. The summed E-state index contributed by atoms with van der Waals surface area (Å²) in [4.78, 5) is 12.0. The summed E-state index contributed by atoms with van der Waals surface area (Å²) in [7, 11) is 1.62. The lowest BCUT2D eigenvalue weighted by molar-refractivity contribution is -0.122. The van der Waals surface area contributed by atoms with Crippen molar-refractivity contribution in [2.24, 2.45) is 0 Å². The second-order valence-electron chi connectivity index (χ2n) is 5.54. The predicted octanol–water partition coefficient (Wildman–Crippen LogP) is 1.90. The van der Waals surface area contributed by atoms with Gasteiger partial charge in [-0.2, -0.15) is 0 Å². The number of hydrogen-bond donors (Lipinski definition) is 2. The molecule has 1 saturated heterocycles. The Morgan fingerprint density at radius 1 is 1.42 bits per heavy atom. The number of benzene rings is 1. The van der Waals surface area contributed by atoms with Crippen LogP contribution in [0.1, 0.15) is 25.3 Å². The molecule has 1 heterocycles. The van der Waals surface area contributed by atoms with Crippen molar-refractivity contribution in [2.45, 2.75) is 32.4 Å². The second-order valence-corrected chi connectivity index (χ2v) is 5.54. The molecule has 1 aliphatic heterocycles. The van der Waals surface area contributed by atoms with E-state index < -0.39 is 0 Å². The Morgan fingerprint density at radius 3 is 2.92 bits per heavy atom. The molecule has 7 heteroatoms. The summed E-state index contributed by atoms with van der Waals surface area (Å²) in [5, 5.41) is 6.20. The van der Waals surface area contributed by atoms with Gasteiger partial charge in [-0.3, -0.25) is 4.79 Å². The highest BCUT2D eigenvalue weighted by Crippen LogP contribution is 2.28. The van der Waals surface area contributed by atoms with E-state index in [9.17, 15) is 4.79 Å². The SMILES string of the molecule is CCCOc1ccc(CNC(=O)CC2COCCN2)cc1OC.Cl. The van der Waals surface area contributed by atoms with Gasteiger partial charge >= 0.3 is 0 Å². The van der Waals surface area contributed by atoms with E-state index in [-0.39, 0.29) is 24.4 Å². The molecule has 2 rings (SSSR count). The van der Waals surface area contributed by atoms with Crippen molar-refractivity contribution in [1.82, 2.24) is 10.6 Å². The van der Waals surface area contributed by atoms with Crippen molar-refractivity contribution >= 4 is 18.3 Å². The van der Waals surface area contributed by atoms with Crippen molar-refractivity contribution in [3.63, 3.8) is 0 Å². The molecule has 1 aromatic rings. The minimum atomic E-state index is 0. The van der Waals surface area contributed by atoms with E-state index in [0.29, 0.717) is 38.5 Å². The standard InChI is InChI=1S/C17H26N2O4.ClH/c1-3-7-23-15-5-4-13(9-16(15)21-2)11-19-17(20)10-14-12-22-8-6-18-14;/h4-5,9,14,18H,3,6-8,10-12H2,1-2H3,(H,19,20);1H. The summed E-state index contributed by atoms with van der Waals surface area (Å²) in [5.41, 5.74) is 0.979. The van der Waals surface area contributed by atoms with E-state index in [1.54, 1.807) is 7.11 Å². The third kappa shape index (κ3) is 6.55. The normalized spacial score (nSPS) is 16.8. The highest BCUT2D eigenvalue weighted by molar-refractivity contribution is 5.85. The van der Waals surface area contributed by atoms with Gasteiger partial charge in [-0.1, -0.05) is 13.0 Å². The second kappa shape index (κ2) is 11.1. The summed E-state index contributed by atoms with van der Waals surface area (Å²) in [6.45, 7) is 5.28. The zero-order chi connectivity index (χ0) is 16.5. The molecule has 0 aromatic heterocycles. The van der Waals surface area contributed by atoms with Crippen molar-refractivity contribution in [3.8, 4) is 11.5 Å². The van der Waals surface area contributed by atoms with Gasteiger partial charge in [0.15, 0.2) is 11.5 Å². The van der Waals surface area contributed by atoms with E-state index in [1.807, 2.05) is 18.2 Å². The van der Waals surface area contributed by atoms with E-state index in [4.69, 9.17) is 14.2 Å². The van der Waals surface area contributed by atoms with Crippen LogP contribution in [-0.2, 0) is 16.1 Å². The largest absolute Gasteiger partial charge is 0.493 e. The summed E-state index contributed by atoms with van der Waals surface area (Å²) in [6.07, 6.45) is 1.37. The zero-order valence-electron chi connectivity index (χ0n) is 14.3. The lowest BCUT2D eigenvalue weighted by atomic mass is 10.1. The maximum absolute atomic E-state index is 12.0. The Hall–Kier alpha value is -1.50. The van der Waals surface area contributed by atoms with Gasteiger partial charge < -0.3 is 24.8 Å². The van der Waals surface area contributed by atoms with E-state index in [2.05, 4.69) is 17.6 Å². The molecule has 0 radical (unpaired) electrons. The molecule has 136 valence electrons.